The summed E-state index contributed by atoms with van der Waals surface area (Å²) in [6.07, 6.45) is 3.70. The summed E-state index contributed by atoms with van der Waals surface area (Å²) in [5.41, 5.74) is 0. The van der Waals surface area contributed by atoms with Gasteiger partial charge in [-0.3, -0.25) is 4.90 Å². The Kier molecular flexibility index (Phi) is 6.35. The van der Waals surface area contributed by atoms with Crippen molar-refractivity contribution in [2.45, 2.75) is 76.6 Å². The highest BCUT2D eigenvalue weighted by molar-refractivity contribution is 4.90. The van der Waals surface area contributed by atoms with E-state index in [1.807, 2.05) is 0 Å². The molecule has 1 aliphatic heterocycles. The van der Waals surface area contributed by atoms with Crippen LogP contribution in [0.15, 0.2) is 0 Å². The zero-order valence-corrected chi connectivity index (χ0v) is 13.1. The van der Waals surface area contributed by atoms with Gasteiger partial charge in [0.15, 0.2) is 0 Å². The van der Waals surface area contributed by atoms with E-state index in [2.05, 4.69) is 17.1 Å². The lowest BCUT2D eigenvalue weighted by molar-refractivity contribution is -0.186. The Morgan fingerprint density at radius 2 is 1.67 bits per heavy atom. The van der Waals surface area contributed by atoms with Gasteiger partial charge in [-0.1, -0.05) is 26.2 Å². The molecule has 1 saturated heterocycles. The maximum absolute atomic E-state index is 12.8. The van der Waals surface area contributed by atoms with Crippen LogP contribution in [0.4, 0.5) is 13.2 Å². The summed E-state index contributed by atoms with van der Waals surface area (Å²) in [4.78, 5) is 2.33. The van der Waals surface area contributed by atoms with Crippen LogP contribution >= 0.6 is 0 Å². The Balaban J connectivity index is 1.91. The molecule has 2 aliphatic rings. The van der Waals surface area contributed by atoms with Gasteiger partial charge in [0.05, 0.1) is 5.92 Å². The van der Waals surface area contributed by atoms with E-state index in [1.165, 1.54) is 25.7 Å². The second kappa shape index (κ2) is 7.82. The third kappa shape index (κ3) is 4.85. The third-order valence-electron chi connectivity index (χ3n) is 5.10. The summed E-state index contributed by atoms with van der Waals surface area (Å²) in [5.74, 6) is -1.08. The summed E-state index contributed by atoms with van der Waals surface area (Å²) in [6, 6.07) is 0.906. The topological polar surface area (TPSA) is 15.3 Å². The molecule has 2 unspecified atom stereocenters. The van der Waals surface area contributed by atoms with Crippen molar-refractivity contribution in [3.8, 4) is 0 Å². The van der Waals surface area contributed by atoms with Crippen LogP contribution in [0.5, 0.6) is 0 Å². The van der Waals surface area contributed by atoms with Crippen LogP contribution in [0, 0.1) is 5.92 Å². The fourth-order valence-corrected chi connectivity index (χ4v) is 3.85. The average Bonchev–Trinajstić information content (AvgIpc) is 2.69. The molecule has 1 saturated carbocycles. The molecule has 2 rings (SSSR count). The SMILES string of the molecule is CCCNC1CCCCCC1N1CCC(C(F)(F)F)CC1. The smallest absolute Gasteiger partial charge is 0.312 e. The molecule has 0 aromatic heterocycles. The molecule has 2 nitrogen and oxygen atoms in total. The van der Waals surface area contributed by atoms with Crippen molar-refractivity contribution in [3.05, 3.63) is 0 Å². The van der Waals surface area contributed by atoms with Crippen LogP contribution < -0.4 is 5.32 Å². The zero-order chi connectivity index (χ0) is 15.3. The van der Waals surface area contributed by atoms with E-state index in [-0.39, 0.29) is 12.8 Å². The van der Waals surface area contributed by atoms with Gasteiger partial charge in [-0.2, -0.15) is 13.2 Å². The van der Waals surface area contributed by atoms with Crippen LogP contribution in [0.2, 0.25) is 0 Å². The fraction of sp³-hybridized carbons (Fsp3) is 1.00. The number of hydrogen-bond donors (Lipinski definition) is 1. The molecule has 2 atom stereocenters. The lowest BCUT2D eigenvalue weighted by atomic mass is 9.92. The van der Waals surface area contributed by atoms with Crippen molar-refractivity contribution in [3.63, 3.8) is 0 Å². The first kappa shape index (κ1) is 17.1. The maximum Gasteiger partial charge on any atom is 0.391 e. The van der Waals surface area contributed by atoms with Crippen LogP contribution in [-0.4, -0.2) is 42.8 Å². The molecule has 0 spiro atoms. The Bertz CT molecular complexity index is 298. The largest absolute Gasteiger partial charge is 0.391 e. The van der Waals surface area contributed by atoms with Crippen LogP contribution in [0.3, 0.4) is 0 Å². The van der Waals surface area contributed by atoms with Gasteiger partial charge in [-0.15, -0.1) is 0 Å². The number of hydrogen-bond acceptors (Lipinski definition) is 2. The van der Waals surface area contributed by atoms with Crippen molar-refractivity contribution in [2.24, 2.45) is 5.92 Å². The molecule has 21 heavy (non-hydrogen) atoms. The number of nitrogens with one attached hydrogen (secondary N) is 1. The highest BCUT2D eigenvalue weighted by Gasteiger charge is 2.42. The minimum Gasteiger partial charge on any atom is -0.312 e. The van der Waals surface area contributed by atoms with Gasteiger partial charge in [0, 0.05) is 12.1 Å². The van der Waals surface area contributed by atoms with Gasteiger partial charge in [0.25, 0.3) is 0 Å². The number of halogens is 3. The number of rotatable bonds is 4. The Labute approximate surface area is 126 Å². The van der Waals surface area contributed by atoms with Gasteiger partial charge in [0.1, 0.15) is 0 Å². The van der Waals surface area contributed by atoms with Crippen molar-refractivity contribution in [1.29, 1.82) is 0 Å². The summed E-state index contributed by atoms with van der Waals surface area (Å²) in [6.45, 7) is 4.39. The molecule has 0 bridgehead atoms. The second-order valence-corrected chi connectivity index (χ2v) is 6.62. The highest BCUT2D eigenvalue weighted by atomic mass is 19.4. The normalized spacial score (nSPS) is 30.3. The molecule has 0 amide bonds. The number of likely N-dealkylation sites (tertiary alicyclic amines) is 1. The van der Waals surface area contributed by atoms with Gasteiger partial charge >= 0.3 is 6.18 Å². The first-order valence-electron chi connectivity index (χ1n) is 8.56. The predicted octanol–water partition coefficient (Wildman–Crippen LogP) is 3.96. The minimum absolute atomic E-state index is 0.278. The fourth-order valence-electron chi connectivity index (χ4n) is 3.85. The number of piperidine rings is 1. The Morgan fingerprint density at radius 1 is 1.00 bits per heavy atom. The zero-order valence-electron chi connectivity index (χ0n) is 13.1. The molecular formula is C16H29F3N2. The van der Waals surface area contributed by atoms with Crippen LogP contribution in [0.1, 0.15) is 58.3 Å². The monoisotopic (exact) mass is 306 g/mol. The second-order valence-electron chi connectivity index (χ2n) is 6.62. The van der Waals surface area contributed by atoms with E-state index < -0.39 is 12.1 Å². The van der Waals surface area contributed by atoms with E-state index >= 15 is 0 Å². The Hall–Kier alpha value is -0.290. The van der Waals surface area contributed by atoms with Crippen molar-refractivity contribution in [2.75, 3.05) is 19.6 Å². The summed E-state index contributed by atoms with van der Waals surface area (Å²) >= 11 is 0. The van der Waals surface area contributed by atoms with E-state index in [4.69, 9.17) is 0 Å². The van der Waals surface area contributed by atoms with Crippen LogP contribution in [-0.2, 0) is 0 Å². The van der Waals surface area contributed by atoms with E-state index in [9.17, 15) is 13.2 Å². The highest BCUT2D eigenvalue weighted by Crippen LogP contribution is 2.35. The molecule has 5 heteroatoms. The molecule has 0 aromatic rings. The van der Waals surface area contributed by atoms with E-state index in [0.717, 1.165) is 19.4 Å². The van der Waals surface area contributed by atoms with Crippen molar-refractivity contribution in [1.82, 2.24) is 10.2 Å². The lowest BCUT2D eigenvalue weighted by Crippen LogP contribution is -2.53. The minimum atomic E-state index is -4.00. The summed E-state index contributed by atoms with van der Waals surface area (Å²) in [7, 11) is 0. The van der Waals surface area contributed by atoms with Gasteiger partial charge in [-0.25, -0.2) is 0 Å². The van der Waals surface area contributed by atoms with Gasteiger partial charge in [0.2, 0.25) is 0 Å². The number of nitrogens with zero attached hydrogens (tertiary/aromatic N) is 1. The predicted molar refractivity (Wildman–Crippen MR) is 79.3 cm³/mol. The quantitative estimate of drug-likeness (QED) is 0.791. The first-order chi connectivity index (χ1) is 10.0. The van der Waals surface area contributed by atoms with E-state index in [1.54, 1.807) is 0 Å². The first-order valence-corrected chi connectivity index (χ1v) is 8.56. The lowest BCUT2D eigenvalue weighted by Gasteiger charge is -2.41. The van der Waals surface area contributed by atoms with Crippen LogP contribution in [0.25, 0.3) is 0 Å². The Morgan fingerprint density at radius 3 is 2.29 bits per heavy atom. The van der Waals surface area contributed by atoms with Gasteiger partial charge in [-0.05, 0) is 51.7 Å². The van der Waals surface area contributed by atoms with E-state index in [0.29, 0.717) is 25.2 Å². The molecule has 2 fully saturated rings. The molecule has 1 N–H and O–H groups in total. The van der Waals surface area contributed by atoms with Gasteiger partial charge < -0.3 is 5.32 Å². The summed E-state index contributed by atoms with van der Waals surface area (Å²) < 4.78 is 38.4. The maximum atomic E-state index is 12.8. The molecule has 1 heterocycles. The standard InChI is InChI=1S/C16H29F3N2/c1-2-10-20-14-6-4-3-5-7-15(14)21-11-8-13(9-12-21)16(17,18)19/h13-15,20H,2-12H2,1H3. The average molecular weight is 306 g/mol. The molecule has 124 valence electrons. The third-order valence-corrected chi connectivity index (χ3v) is 5.10. The van der Waals surface area contributed by atoms with Crippen molar-refractivity contribution >= 4 is 0 Å². The molecule has 0 radical (unpaired) electrons. The number of alkyl halides is 3. The van der Waals surface area contributed by atoms with Crippen molar-refractivity contribution < 1.29 is 13.2 Å². The molecule has 1 aliphatic carbocycles. The molecular weight excluding hydrogens is 277 g/mol. The molecule has 0 aromatic carbocycles. The summed E-state index contributed by atoms with van der Waals surface area (Å²) in [5, 5.41) is 3.64.